The molecular weight excluding hydrogens is 198 g/mol. The Balaban J connectivity index is 2.85. The van der Waals surface area contributed by atoms with E-state index in [0.29, 0.717) is 6.54 Å². The summed E-state index contributed by atoms with van der Waals surface area (Å²) in [6, 6.07) is 10.1. The van der Waals surface area contributed by atoms with E-state index in [9.17, 15) is 5.11 Å². The van der Waals surface area contributed by atoms with Crippen molar-refractivity contribution in [2.24, 2.45) is 11.1 Å². The molecule has 0 aromatic heterocycles. The number of nitrogens with two attached hydrogens (primary N) is 1. The molecule has 0 radical (unpaired) electrons. The molecule has 16 heavy (non-hydrogen) atoms. The van der Waals surface area contributed by atoms with E-state index in [1.54, 1.807) is 0 Å². The van der Waals surface area contributed by atoms with Crippen molar-refractivity contribution < 1.29 is 5.11 Å². The van der Waals surface area contributed by atoms with E-state index >= 15 is 0 Å². The number of hydrogen-bond acceptors (Lipinski definition) is 2. The summed E-state index contributed by atoms with van der Waals surface area (Å²) in [5.74, 6) is 0.120. The first kappa shape index (κ1) is 13.2. The molecule has 1 aromatic rings. The van der Waals surface area contributed by atoms with Crippen LogP contribution in [0.3, 0.4) is 0 Å². The molecule has 0 aliphatic carbocycles. The Hall–Kier alpha value is -0.860. The van der Waals surface area contributed by atoms with Crippen molar-refractivity contribution in [2.75, 3.05) is 6.54 Å². The molecule has 90 valence electrons. The second kappa shape index (κ2) is 5.46. The van der Waals surface area contributed by atoms with E-state index < -0.39 is 6.10 Å². The molecule has 1 rings (SSSR count). The number of benzene rings is 1. The highest BCUT2D eigenvalue weighted by Crippen LogP contribution is 2.33. The fourth-order valence-corrected chi connectivity index (χ4v) is 2.02. The van der Waals surface area contributed by atoms with Crippen LogP contribution in [-0.2, 0) is 0 Å². The van der Waals surface area contributed by atoms with E-state index in [0.717, 1.165) is 6.42 Å². The van der Waals surface area contributed by atoms with Gasteiger partial charge in [-0.05, 0) is 12.0 Å². The SMILES string of the molecule is CCC(C)(CN)C(O)C(C)c1ccccc1. The Labute approximate surface area is 98.5 Å². The van der Waals surface area contributed by atoms with Gasteiger partial charge in [-0.1, -0.05) is 51.1 Å². The molecule has 0 saturated heterocycles. The zero-order valence-electron chi connectivity index (χ0n) is 10.5. The van der Waals surface area contributed by atoms with Gasteiger partial charge in [-0.25, -0.2) is 0 Å². The van der Waals surface area contributed by atoms with Crippen LogP contribution in [0.4, 0.5) is 0 Å². The van der Waals surface area contributed by atoms with Gasteiger partial charge in [0.1, 0.15) is 0 Å². The summed E-state index contributed by atoms with van der Waals surface area (Å²) in [4.78, 5) is 0. The molecule has 0 aliphatic heterocycles. The van der Waals surface area contributed by atoms with Crippen LogP contribution < -0.4 is 5.73 Å². The minimum Gasteiger partial charge on any atom is -0.392 e. The Bertz CT molecular complexity index is 306. The second-order valence-corrected chi connectivity index (χ2v) is 4.86. The summed E-state index contributed by atoms with van der Waals surface area (Å²) in [5.41, 5.74) is 6.74. The van der Waals surface area contributed by atoms with Gasteiger partial charge in [0, 0.05) is 17.9 Å². The van der Waals surface area contributed by atoms with Gasteiger partial charge in [0.25, 0.3) is 0 Å². The predicted octanol–water partition coefficient (Wildman–Crippen LogP) is 2.53. The molecule has 0 bridgehead atoms. The number of hydrogen-bond donors (Lipinski definition) is 2. The lowest BCUT2D eigenvalue weighted by Crippen LogP contribution is -2.41. The molecular formula is C14H23NO. The zero-order valence-corrected chi connectivity index (χ0v) is 10.5. The van der Waals surface area contributed by atoms with Crippen LogP contribution in [-0.4, -0.2) is 17.8 Å². The van der Waals surface area contributed by atoms with Crippen LogP contribution in [0.25, 0.3) is 0 Å². The maximum absolute atomic E-state index is 10.4. The van der Waals surface area contributed by atoms with Crippen molar-refractivity contribution in [1.29, 1.82) is 0 Å². The van der Waals surface area contributed by atoms with Crippen LogP contribution >= 0.6 is 0 Å². The summed E-state index contributed by atoms with van der Waals surface area (Å²) in [6.07, 6.45) is 0.492. The predicted molar refractivity (Wildman–Crippen MR) is 68.3 cm³/mol. The standard InChI is InChI=1S/C14H23NO/c1-4-14(3,10-15)13(16)11(2)12-8-6-5-7-9-12/h5-9,11,13,16H,4,10,15H2,1-3H3. The van der Waals surface area contributed by atoms with Crippen LogP contribution in [0, 0.1) is 5.41 Å². The Kier molecular flexibility index (Phi) is 4.51. The van der Waals surface area contributed by atoms with Gasteiger partial charge in [0.15, 0.2) is 0 Å². The molecule has 3 N–H and O–H groups in total. The molecule has 0 spiro atoms. The largest absolute Gasteiger partial charge is 0.392 e. The van der Waals surface area contributed by atoms with Crippen molar-refractivity contribution in [1.82, 2.24) is 0 Å². The fourth-order valence-electron chi connectivity index (χ4n) is 2.02. The summed E-state index contributed by atoms with van der Waals surface area (Å²) in [5, 5.41) is 10.4. The molecule has 3 atom stereocenters. The van der Waals surface area contributed by atoms with Gasteiger partial charge < -0.3 is 10.8 Å². The molecule has 0 fully saturated rings. The van der Waals surface area contributed by atoms with Gasteiger partial charge in [-0.3, -0.25) is 0 Å². The number of aliphatic hydroxyl groups excluding tert-OH is 1. The maximum atomic E-state index is 10.4. The smallest absolute Gasteiger partial charge is 0.0671 e. The van der Waals surface area contributed by atoms with Crippen molar-refractivity contribution in [3.63, 3.8) is 0 Å². The molecule has 0 heterocycles. The lowest BCUT2D eigenvalue weighted by molar-refractivity contribution is 0.0223. The lowest BCUT2D eigenvalue weighted by Gasteiger charge is -2.36. The highest BCUT2D eigenvalue weighted by molar-refractivity contribution is 5.20. The quantitative estimate of drug-likeness (QED) is 0.802. The minimum atomic E-state index is -0.398. The zero-order chi connectivity index (χ0) is 12.2. The average Bonchev–Trinajstić information content (AvgIpc) is 2.37. The summed E-state index contributed by atoms with van der Waals surface area (Å²) in [7, 11) is 0. The number of aliphatic hydroxyl groups is 1. The average molecular weight is 221 g/mol. The molecule has 2 heteroatoms. The van der Waals surface area contributed by atoms with E-state index in [2.05, 4.69) is 32.9 Å². The summed E-state index contributed by atoms with van der Waals surface area (Å²) >= 11 is 0. The van der Waals surface area contributed by atoms with Crippen LogP contribution in [0.1, 0.15) is 38.7 Å². The number of rotatable bonds is 5. The monoisotopic (exact) mass is 221 g/mol. The fraction of sp³-hybridized carbons (Fsp3) is 0.571. The normalized spacial score (nSPS) is 18.8. The third kappa shape index (κ3) is 2.63. The highest BCUT2D eigenvalue weighted by Gasteiger charge is 2.34. The second-order valence-electron chi connectivity index (χ2n) is 4.86. The Morgan fingerprint density at radius 1 is 1.31 bits per heavy atom. The summed E-state index contributed by atoms with van der Waals surface area (Å²) < 4.78 is 0. The van der Waals surface area contributed by atoms with Crippen LogP contribution in [0.5, 0.6) is 0 Å². The van der Waals surface area contributed by atoms with E-state index in [1.165, 1.54) is 5.56 Å². The minimum absolute atomic E-state index is 0.120. The first-order chi connectivity index (χ1) is 7.55. The summed E-state index contributed by atoms with van der Waals surface area (Å²) in [6.45, 7) is 6.70. The van der Waals surface area contributed by atoms with Crippen molar-refractivity contribution in [3.8, 4) is 0 Å². The third-order valence-electron chi connectivity index (χ3n) is 3.79. The van der Waals surface area contributed by atoms with Gasteiger partial charge in [0.05, 0.1) is 6.10 Å². The van der Waals surface area contributed by atoms with E-state index in [1.807, 2.05) is 18.2 Å². The molecule has 1 aromatic carbocycles. The molecule has 0 amide bonds. The Morgan fingerprint density at radius 3 is 2.31 bits per heavy atom. The van der Waals surface area contributed by atoms with Gasteiger partial charge in [-0.15, -0.1) is 0 Å². The van der Waals surface area contributed by atoms with Crippen molar-refractivity contribution >= 4 is 0 Å². The first-order valence-electron chi connectivity index (χ1n) is 5.98. The van der Waals surface area contributed by atoms with Crippen LogP contribution in [0.2, 0.25) is 0 Å². The van der Waals surface area contributed by atoms with Crippen molar-refractivity contribution in [3.05, 3.63) is 35.9 Å². The van der Waals surface area contributed by atoms with Crippen LogP contribution in [0.15, 0.2) is 30.3 Å². The Morgan fingerprint density at radius 2 is 1.88 bits per heavy atom. The maximum Gasteiger partial charge on any atom is 0.0671 e. The highest BCUT2D eigenvalue weighted by atomic mass is 16.3. The molecule has 2 nitrogen and oxygen atoms in total. The molecule has 3 unspecified atom stereocenters. The van der Waals surface area contributed by atoms with Gasteiger partial charge >= 0.3 is 0 Å². The van der Waals surface area contributed by atoms with E-state index in [-0.39, 0.29) is 11.3 Å². The lowest BCUT2D eigenvalue weighted by atomic mass is 9.74. The topological polar surface area (TPSA) is 46.2 Å². The molecule has 0 aliphatic rings. The van der Waals surface area contributed by atoms with E-state index in [4.69, 9.17) is 5.73 Å². The van der Waals surface area contributed by atoms with Gasteiger partial charge in [0.2, 0.25) is 0 Å². The first-order valence-corrected chi connectivity index (χ1v) is 5.98. The van der Waals surface area contributed by atoms with Gasteiger partial charge in [-0.2, -0.15) is 0 Å². The van der Waals surface area contributed by atoms with Crippen molar-refractivity contribution in [2.45, 2.75) is 39.2 Å². The third-order valence-corrected chi connectivity index (χ3v) is 3.79. The molecule has 0 saturated carbocycles.